The maximum absolute atomic E-state index is 11.0. The number of thiocarbonyl (C=S) groups is 1. The number of carbonyl (C=O) groups is 1. The quantitative estimate of drug-likeness (QED) is 0.162. The lowest BCUT2D eigenvalue weighted by Crippen LogP contribution is -2.20. The molecule has 4 nitrogen and oxygen atoms in total. The fourth-order valence-corrected chi connectivity index (χ4v) is 5.45. The minimum atomic E-state index is -0.776. The second-order valence-electron chi connectivity index (χ2n) is 6.71. The van der Waals surface area contributed by atoms with Gasteiger partial charge in [0.05, 0.1) is 6.07 Å². The number of rotatable bonds is 15. The molecular weight excluding hydrogens is 384 g/mol. The van der Waals surface area contributed by atoms with Crippen molar-refractivity contribution in [3.8, 4) is 6.07 Å². The third-order valence-corrected chi connectivity index (χ3v) is 7.03. The molecular formula is C19H32N2O2S3. The minimum absolute atomic E-state index is 0.00765. The van der Waals surface area contributed by atoms with Crippen molar-refractivity contribution in [3.05, 3.63) is 4.91 Å². The summed E-state index contributed by atoms with van der Waals surface area (Å²) in [7, 11) is 0. The molecule has 26 heavy (non-hydrogen) atoms. The van der Waals surface area contributed by atoms with Gasteiger partial charge in [-0.15, -0.1) is 16.7 Å². The summed E-state index contributed by atoms with van der Waals surface area (Å²) < 4.78 is -0.0427. The topological polar surface area (TPSA) is 70.3 Å². The zero-order valence-electron chi connectivity index (χ0n) is 16.1. The Bertz CT molecular complexity index is 466. The molecule has 0 bridgehead atoms. The van der Waals surface area contributed by atoms with Crippen LogP contribution in [0.4, 0.5) is 0 Å². The number of amides is 1. The summed E-state index contributed by atoms with van der Waals surface area (Å²) in [6.07, 6.45) is 13.4. The third-order valence-electron chi connectivity index (χ3n) is 4.18. The lowest BCUT2D eigenvalue weighted by molar-refractivity contribution is -0.118. The van der Waals surface area contributed by atoms with E-state index in [1.165, 1.54) is 69.5 Å². The Labute approximate surface area is 172 Å². The first kappa shape index (κ1) is 25.6. The molecule has 0 saturated heterocycles. The molecule has 0 aliphatic rings. The van der Waals surface area contributed by atoms with E-state index in [1.807, 2.05) is 0 Å². The van der Waals surface area contributed by atoms with Gasteiger partial charge in [-0.2, -0.15) is 5.26 Å². The number of unbranched alkanes of at least 4 members (excludes halogenated alkanes) is 9. The Morgan fingerprint density at radius 1 is 1.08 bits per heavy atom. The number of nitroso groups, excluding NO2 is 1. The second-order valence-corrected chi connectivity index (χ2v) is 10.5. The first-order chi connectivity index (χ1) is 12.5. The molecule has 0 N–H and O–H groups in total. The van der Waals surface area contributed by atoms with E-state index in [4.69, 9.17) is 12.2 Å². The van der Waals surface area contributed by atoms with E-state index in [1.54, 1.807) is 18.7 Å². The molecule has 0 fully saturated rings. The van der Waals surface area contributed by atoms with E-state index in [-0.39, 0.29) is 12.8 Å². The molecule has 0 spiro atoms. The fraction of sp³-hybridized carbons (Fsp3) is 0.842. The highest BCUT2D eigenvalue weighted by Gasteiger charge is 2.27. The van der Waals surface area contributed by atoms with E-state index >= 15 is 0 Å². The molecule has 0 saturated carbocycles. The van der Waals surface area contributed by atoms with Crippen LogP contribution < -0.4 is 0 Å². The van der Waals surface area contributed by atoms with Crippen LogP contribution in [0.25, 0.3) is 0 Å². The molecule has 0 aliphatic heterocycles. The Kier molecular flexibility index (Phi) is 16.4. The highest BCUT2D eigenvalue weighted by molar-refractivity contribution is 8.47. The molecule has 7 heteroatoms. The summed E-state index contributed by atoms with van der Waals surface area (Å²) in [5, 5.41) is 11.7. The van der Waals surface area contributed by atoms with Crippen molar-refractivity contribution in [1.82, 2.24) is 0 Å². The van der Waals surface area contributed by atoms with Gasteiger partial charge in [-0.3, -0.25) is 4.79 Å². The number of nitrogens with zero attached hydrogens (tertiary/aromatic N) is 2. The van der Waals surface area contributed by atoms with Crippen LogP contribution >= 0.6 is 35.7 Å². The third kappa shape index (κ3) is 14.7. The average molecular weight is 417 g/mol. The van der Waals surface area contributed by atoms with Gasteiger partial charge in [0.25, 0.3) is 5.91 Å². The standard InChI is InChI=1S/C19H32N2O2S3/c1-3-4-5-6-7-8-9-10-11-12-15-25-18(24)26-19(2,16-20)14-13-17(22)21-23/h3-15H2,1-2H3. The van der Waals surface area contributed by atoms with Crippen LogP contribution in [0.1, 0.15) is 90.9 Å². The second kappa shape index (κ2) is 16.7. The van der Waals surface area contributed by atoms with Crippen molar-refractivity contribution in [2.24, 2.45) is 5.18 Å². The van der Waals surface area contributed by atoms with Gasteiger partial charge in [0.1, 0.15) is 8.28 Å². The van der Waals surface area contributed by atoms with Gasteiger partial charge in [-0.05, 0) is 25.5 Å². The summed E-state index contributed by atoms with van der Waals surface area (Å²) in [4.78, 5) is 21.1. The van der Waals surface area contributed by atoms with Crippen molar-refractivity contribution in [2.45, 2.75) is 95.6 Å². The summed E-state index contributed by atoms with van der Waals surface area (Å²) in [5.74, 6) is 0.259. The van der Waals surface area contributed by atoms with E-state index in [0.29, 0.717) is 0 Å². The van der Waals surface area contributed by atoms with Crippen molar-refractivity contribution >= 4 is 45.2 Å². The van der Waals surface area contributed by atoms with Gasteiger partial charge in [0.2, 0.25) is 0 Å². The summed E-state index contributed by atoms with van der Waals surface area (Å²) in [6.45, 7) is 4.00. The van der Waals surface area contributed by atoms with Gasteiger partial charge in [-0.1, -0.05) is 88.7 Å². The van der Waals surface area contributed by atoms with Gasteiger partial charge in [0.15, 0.2) is 0 Å². The zero-order valence-corrected chi connectivity index (χ0v) is 18.6. The van der Waals surface area contributed by atoms with Crippen molar-refractivity contribution in [2.75, 3.05) is 5.75 Å². The molecule has 0 aromatic heterocycles. The molecule has 1 atom stereocenters. The summed E-state index contributed by atoms with van der Waals surface area (Å²) >= 11 is 8.28. The first-order valence-electron chi connectivity index (χ1n) is 9.60. The molecule has 1 unspecified atom stereocenters. The Balaban J connectivity index is 3.70. The van der Waals surface area contributed by atoms with Crippen LogP contribution in [0.15, 0.2) is 5.18 Å². The predicted octanol–water partition coefficient (Wildman–Crippen LogP) is 7.01. The largest absolute Gasteiger partial charge is 0.286 e. The lowest BCUT2D eigenvalue weighted by atomic mass is 10.1. The highest BCUT2D eigenvalue weighted by Crippen LogP contribution is 2.34. The number of hydrogen-bond donors (Lipinski definition) is 0. The maximum Gasteiger partial charge on any atom is 0.286 e. The van der Waals surface area contributed by atoms with Gasteiger partial charge >= 0.3 is 0 Å². The van der Waals surface area contributed by atoms with Gasteiger partial charge < -0.3 is 0 Å². The van der Waals surface area contributed by atoms with E-state index < -0.39 is 10.7 Å². The fourth-order valence-electron chi connectivity index (χ4n) is 2.48. The number of nitriles is 1. The number of carbonyl (C=O) groups excluding carboxylic acids is 1. The molecule has 0 heterocycles. The van der Waals surface area contributed by atoms with Crippen molar-refractivity contribution in [3.63, 3.8) is 0 Å². The highest BCUT2D eigenvalue weighted by atomic mass is 32.2. The molecule has 1 amide bonds. The van der Waals surface area contributed by atoms with Crippen LogP contribution in [-0.2, 0) is 4.79 Å². The van der Waals surface area contributed by atoms with E-state index in [0.717, 1.165) is 15.7 Å². The molecule has 0 aliphatic carbocycles. The lowest BCUT2D eigenvalue weighted by Gasteiger charge is -2.19. The Hall–Kier alpha value is -0.450. The van der Waals surface area contributed by atoms with E-state index in [9.17, 15) is 15.0 Å². The Morgan fingerprint density at radius 2 is 1.62 bits per heavy atom. The van der Waals surface area contributed by atoms with Gasteiger partial charge in [0, 0.05) is 11.6 Å². The Morgan fingerprint density at radius 3 is 2.12 bits per heavy atom. The van der Waals surface area contributed by atoms with Gasteiger partial charge in [-0.25, -0.2) is 0 Å². The monoisotopic (exact) mass is 416 g/mol. The van der Waals surface area contributed by atoms with E-state index in [2.05, 4.69) is 18.2 Å². The van der Waals surface area contributed by atoms with Crippen LogP contribution in [0.2, 0.25) is 0 Å². The molecule has 0 radical (unpaired) electrons. The minimum Gasteiger partial charge on any atom is -0.269 e. The molecule has 0 aromatic rings. The predicted molar refractivity (Wildman–Crippen MR) is 119 cm³/mol. The van der Waals surface area contributed by atoms with Crippen LogP contribution in [0.5, 0.6) is 0 Å². The number of thioether (sulfide) groups is 2. The summed E-state index contributed by atoms with van der Waals surface area (Å²) in [5.41, 5.74) is 0. The SMILES string of the molecule is CCCCCCCCCCCCSC(=S)SC(C)(C#N)CCC(=O)N=O. The van der Waals surface area contributed by atoms with Crippen LogP contribution in [0, 0.1) is 16.2 Å². The zero-order chi connectivity index (χ0) is 19.7. The smallest absolute Gasteiger partial charge is 0.269 e. The normalized spacial score (nSPS) is 13.0. The van der Waals surface area contributed by atoms with Crippen molar-refractivity contribution in [1.29, 1.82) is 5.26 Å². The van der Waals surface area contributed by atoms with Crippen LogP contribution in [-0.4, -0.2) is 19.9 Å². The van der Waals surface area contributed by atoms with Crippen molar-refractivity contribution < 1.29 is 4.79 Å². The maximum atomic E-state index is 11.0. The number of hydrogen-bond acceptors (Lipinski definition) is 6. The molecule has 148 valence electrons. The summed E-state index contributed by atoms with van der Waals surface area (Å²) in [6, 6.07) is 2.20. The average Bonchev–Trinajstić information content (AvgIpc) is 2.64. The molecule has 0 rings (SSSR count). The first-order valence-corrected chi connectivity index (χ1v) is 11.8. The molecule has 0 aromatic carbocycles. The van der Waals surface area contributed by atoms with Crippen LogP contribution in [0.3, 0.4) is 0 Å².